The first kappa shape index (κ1) is 20.9. The second-order valence-electron chi connectivity index (χ2n) is 6.95. The van der Waals surface area contributed by atoms with Crippen molar-refractivity contribution in [1.29, 1.82) is 10.5 Å². The van der Waals surface area contributed by atoms with Crippen LogP contribution in [0, 0.1) is 29.6 Å². The summed E-state index contributed by atoms with van der Waals surface area (Å²) in [5.74, 6) is 0.561. The third-order valence-corrected chi connectivity index (χ3v) is 4.85. The molecule has 0 fully saturated rings. The molecule has 1 aromatic heterocycles. The minimum Gasteiger partial charge on any atom is -0.487 e. The van der Waals surface area contributed by atoms with Crippen LogP contribution in [0.4, 0.5) is 5.69 Å². The highest BCUT2D eigenvalue weighted by atomic mass is 16.5. The third kappa shape index (κ3) is 4.75. The molecule has 0 spiro atoms. The summed E-state index contributed by atoms with van der Waals surface area (Å²) in [4.78, 5) is 6.47. The molecule has 0 aliphatic heterocycles. The van der Waals surface area contributed by atoms with E-state index in [1.807, 2.05) is 43.1 Å². The van der Waals surface area contributed by atoms with Gasteiger partial charge in [-0.2, -0.15) is 10.5 Å². The standard InChI is InChI=1S/C24H22N4O2/c1-17-24(30-16-20-5-3-4-19(10-20)12-26)23(15-29)21(13-27-17)14-28(2)22-8-6-18(11-25)7-9-22/h3-10,13,29H,14-16H2,1-2H3. The molecule has 6 nitrogen and oxygen atoms in total. The van der Waals surface area contributed by atoms with Crippen LogP contribution < -0.4 is 9.64 Å². The minimum absolute atomic E-state index is 0.173. The van der Waals surface area contributed by atoms with Gasteiger partial charge < -0.3 is 14.7 Å². The van der Waals surface area contributed by atoms with Gasteiger partial charge in [-0.25, -0.2) is 0 Å². The molecule has 0 aliphatic rings. The number of aromatic nitrogens is 1. The molecule has 0 atom stereocenters. The lowest BCUT2D eigenvalue weighted by Crippen LogP contribution is -2.18. The highest BCUT2D eigenvalue weighted by Gasteiger charge is 2.15. The number of aliphatic hydroxyl groups is 1. The molecule has 2 aromatic carbocycles. The Bertz CT molecular complexity index is 1110. The normalized spacial score (nSPS) is 10.2. The quantitative estimate of drug-likeness (QED) is 0.650. The van der Waals surface area contributed by atoms with Gasteiger partial charge in [0, 0.05) is 31.0 Å². The van der Waals surface area contributed by atoms with Gasteiger partial charge >= 0.3 is 0 Å². The lowest BCUT2D eigenvalue weighted by Gasteiger charge is -2.22. The predicted molar refractivity (Wildman–Crippen MR) is 114 cm³/mol. The molecule has 30 heavy (non-hydrogen) atoms. The molecule has 6 heteroatoms. The van der Waals surface area contributed by atoms with Crippen LogP contribution in [0.5, 0.6) is 5.75 Å². The zero-order valence-electron chi connectivity index (χ0n) is 17.0. The first-order valence-electron chi connectivity index (χ1n) is 9.47. The largest absolute Gasteiger partial charge is 0.487 e. The van der Waals surface area contributed by atoms with Gasteiger partial charge in [-0.15, -0.1) is 0 Å². The summed E-state index contributed by atoms with van der Waals surface area (Å²) in [6.45, 7) is 2.47. The fraction of sp³-hybridized carbons (Fsp3) is 0.208. The van der Waals surface area contributed by atoms with E-state index in [1.54, 1.807) is 30.5 Å². The van der Waals surface area contributed by atoms with Crippen LogP contribution in [0.2, 0.25) is 0 Å². The van der Waals surface area contributed by atoms with Gasteiger partial charge in [-0.3, -0.25) is 4.98 Å². The van der Waals surface area contributed by atoms with Gasteiger partial charge in [-0.05, 0) is 54.4 Å². The first-order valence-corrected chi connectivity index (χ1v) is 9.47. The Labute approximate surface area is 176 Å². The van der Waals surface area contributed by atoms with E-state index in [9.17, 15) is 5.11 Å². The molecular formula is C24H22N4O2. The summed E-state index contributed by atoms with van der Waals surface area (Å²) in [6.07, 6.45) is 1.75. The fourth-order valence-corrected chi connectivity index (χ4v) is 3.20. The lowest BCUT2D eigenvalue weighted by molar-refractivity contribution is 0.255. The van der Waals surface area contributed by atoms with E-state index in [1.165, 1.54) is 0 Å². The molecule has 0 saturated carbocycles. The zero-order valence-corrected chi connectivity index (χ0v) is 17.0. The highest BCUT2D eigenvalue weighted by Crippen LogP contribution is 2.28. The van der Waals surface area contributed by atoms with Gasteiger partial charge in [0.2, 0.25) is 0 Å². The van der Waals surface area contributed by atoms with Crippen LogP contribution in [-0.2, 0) is 19.8 Å². The number of nitrogens with zero attached hydrogens (tertiary/aromatic N) is 4. The van der Waals surface area contributed by atoms with Crippen molar-refractivity contribution >= 4 is 5.69 Å². The SMILES string of the molecule is Cc1ncc(CN(C)c2ccc(C#N)cc2)c(CO)c1OCc1cccc(C#N)c1. The Kier molecular flexibility index (Phi) is 6.64. The average molecular weight is 398 g/mol. The van der Waals surface area contributed by atoms with Gasteiger partial charge in [0.15, 0.2) is 0 Å². The number of pyridine rings is 1. The van der Waals surface area contributed by atoms with Crippen molar-refractivity contribution in [2.24, 2.45) is 0 Å². The maximum Gasteiger partial charge on any atom is 0.146 e. The van der Waals surface area contributed by atoms with E-state index in [4.69, 9.17) is 15.3 Å². The number of hydrogen-bond acceptors (Lipinski definition) is 6. The molecule has 0 bridgehead atoms. The van der Waals surface area contributed by atoms with Crippen molar-refractivity contribution in [2.45, 2.75) is 26.7 Å². The van der Waals surface area contributed by atoms with Crippen molar-refractivity contribution in [1.82, 2.24) is 4.98 Å². The number of nitriles is 2. The number of ether oxygens (including phenoxy) is 1. The van der Waals surface area contributed by atoms with E-state index >= 15 is 0 Å². The van der Waals surface area contributed by atoms with Crippen molar-refractivity contribution in [3.05, 3.63) is 88.2 Å². The van der Waals surface area contributed by atoms with Crippen molar-refractivity contribution < 1.29 is 9.84 Å². The second kappa shape index (κ2) is 9.56. The van der Waals surface area contributed by atoms with Crippen LogP contribution in [0.3, 0.4) is 0 Å². The topological polar surface area (TPSA) is 93.2 Å². The van der Waals surface area contributed by atoms with E-state index in [-0.39, 0.29) is 13.2 Å². The van der Waals surface area contributed by atoms with Crippen molar-refractivity contribution in [3.63, 3.8) is 0 Å². The predicted octanol–water partition coefficient (Wildman–Crippen LogP) is 3.84. The Balaban J connectivity index is 1.82. The minimum atomic E-state index is -0.173. The molecule has 0 amide bonds. The fourth-order valence-electron chi connectivity index (χ4n) is 3.20. The van der Waals surface area contributed by atoms with Crippen molar-refractivity contribution in [2.75, 3.05) is 11.9 Å². The Morgan fingerprint density at radius 2 is 1.80 bits per heavy atom. The van der Waals surface area contributed by atoms with Crippen molar-refractivity contribution in [3.8, 4) is 17.9 Å². The summed E-state index contributed by atoms with van der Waals surface area (Å²) < 4.78 is 6.02. The Hall–Kier alpha value is -3.87. The lowest BCUT2D eigenvalue weighted by atomic mass is 10.1. The smallest absolute Gasteiger partial charge is 0.146 e. The molecule has 0 aliphatic carbocycles. The number of rotatable bonds is 7. The number of aliphatic hydroxyl groups excluding tert-OH is 1. The van der Waals surface area contributed by atoms with Gasteiger partial charge in [0.05, 0.1) is 35.6 Å². The monoisotopic (exact) mass is 398 g/mol. The van der Waals surface area contributed by atoms with Crippen LogP contribution in [0.25, 0.3) is 0 Å². The summed E-state index contributed by atoms with van der Waals surface area (Å²) in [7, 11) is 1.94. The molecule has 1 heterocycles. The molecule has 1 N–H and O–H groups in total. The zero-order chi connectivity index (χ0) is 21.5. The van der Waals surface area contributed by atoms with Gasteiger partial charge in [0.25, 0.3) is 0 Å². The summed E-state index contributed by atoms with van der Waals surface area (Å²) in [6, 6.07) is 18.8. The Morgan fingerprint density at radius 1 is 1.07 bits per heavy atom. The molecule has 0 radical (unpaired) electrons. The molecular weight excluding hydrogens is 376 g/mol. The Morgan fingerprint density at radius 3 is 2.47 bits per heavy atom. The average Bonchev–Trinajstić information content (AvgIpc) is 2.79. The van der Waals surface area contributed by atoms with Crippen LogP contribution >= 0.6 is 0 Å². The van der Waals surface area contributed by atoms with E-state index in [0.29, 0.717) is 34.7 Å². The molecule has 0 saturated heterocycles. The van der Waals surface area contributed by atoms with Gasteiger partial charge in [-0.1, -0.05) is 12.1 Å². The molecule has 3 aromatic rings. The molecule has 0 unspecified atom stereocenters. The number of anilines is 1. The second-order valence-corrected chi connectivity index (χ2v) is 6.95. The van der Waals surface area contributed by atoms with Crippen LogP contribution in [0.1, 0.15) is 33.5 Å². The first-order chi connectivity index (χ1) is 14.5. The van der Waals surface area contributed by atoms with Gasteiger partial charge in [0.1, 0.15) is 12.4 Å². The van der Waals surface area contributed by atoms with E-state index in [2.05, 4.69) is 17.1 Å². The molecule has 150 valence electrons. The maximum atomic E-state index is 10.0. The highest BCUT2D eigenvalue weighted by molar-refractivity contribution is 5.51. The summed E-state index contributed by atoms with van der Waals surface area (Å²) in [5, 5.41) is 28.1. The third-order valence-electron chi connectivity index (χ3n) is 4.85. The number of benzene rings is 2. The molecule has 3 rings (SSSR count). The van der Waals surface area contributed by atoms with Crippen LogP contribution in [-0.4, -0.2) is 17.1 Å². The maximum absolute atomic E-state index is 10.0. The summed E-state index contributed by atoms with van der Waals surface area (Å²) in [5.41, 5.74) is 5.25. The van der Waals surface area contributed by atoms with E-state index < -0.39 is 0 Å². The van der Waals surface area contributed by atoms with Crippen LogP contribution in [0.15, 0.2) is 54.7 Å². The van der Waals surface area contributed by atoms with E-state index in [0.717, 1.165) is 16.8 Å². The number of aryl methyl sites for hydroxylation is 1. The summed E-state index contributed by atoms with van der Waals surface area (Å²) >= 11 is 0. The number of hydrogen-bond donors (Lipinski definition) is 1.